The highest BCUT2D eigenvalue weighted by atomic mass is 19.1. The molecular weight excluding hydrogens is 200 g/mol. The second-order valence-corrected chi connectivity index (χ2v) is 4.51. The molecule has 15 heavy (non-hydrogen) atoms. The lowest BCUT2D eigenvalue weighted by Crippen LogP contribution is -2.35. The van der Waals surface area contributed by atoms with E-state index in [9.17, 15) is 8.78 Å². The van der Waals surface area contributed by atoms with Gasteiger partial charge in [-0.2, -0.15) is 0 Å². The Labute approximate surface area is 87.9 Å². The normalized spacial score (nSPS) is 11.8. The number of benzene rings is 1. The number of aromatic hydroxyl groups is 1. The van der Waals surface area contributed by atoms with E-state index in [2.05, 4.69) is 5.32 Å². The number of phenols is 1. The third-order valence-electron chi connectivity index (χ3n) is 1.90. The van der Waals surface area contributed by atoms with E-state index < -0.39 is 17.4 Å². The second-order valence-electron chi connectivity index (χ2n) is 4.51. The molecule has 0 heterocycles. The maximum Gasteiger partial charge on any atom is 0.187 e. The van der Waals surface area contributed by atoms with Crippen LogP contribution in [0.25, 0.3) is 0 Å². The molecule has 0 saturated carbocycles. The van der Waals surface area contributed by atoms with Crippen molar-refractivity contribution in [1.29, 1.82) is 0 Å². The molecule has 1 aromatic carbocycles. The second kappa shape index (κ2) is 4.14. The standard InChI is InChI=1S/C11H15F2NO/c1-11(2,3)14-6-7-4-8(12)10(15)9(13)5-7/h4-5,14-15H,6H2,1-3H3. The average Bonchev–Trinajstić information content (AvgIpc) is 2.09. The van der Waals surface area contributed by atoms with Gasteiger partial charge >= 0.3 is 0 Å². The highest BCUT2D eigenvalue weighted by Gasteiger charge is 2.12. The minimum atomic E-state index is -0.930. The van der Waals surface area contributed by atoms with E-state index in [-0.39, 0.29) is 5.54 Å². The van der Waals surface area contributed by atoms with Crippen molar-refractivity contribution >= 4 is 0 Å². The SMILES string of the molecule is CC(C)(C)NCc1cc(F)c(O)c(F)c1. The van der Waals surface area contributed by atoms with Crippen LogP contribution < -0.4 is 5.32 Å². The fraction of sp³-hybridized carbons (Fsp3) is 0.455. The number of halogens is 2. The maximum atomic E-state index is 12.9. The van der Waals surface area contributed by atoms with Crippen molar-refractivity contribution in [2.45, 2.75) is 32.9 Å². The first kappa shape index (κ1) is 11.9. The Hall–Kier alpha value is -1.16. The van der Waals surface area contributed by atoms with Crippen LogP contribution in [-0.2, 0) is 6.54 Å². The van der Waals surface area contributed by atoms with Gasteiger partial charge in [-0.3, -0.25) is 0 Å². The molecule has 0 saturated heterocycles. The Balaban J connectivity index is 2.80. The number of hydrogen-bond acceptors (Lipinski definition) is 2. The minimum absolute atomic E-state index is 0.120. The summed E-state index contributed by atoms with van der Waals surface area (Å²) in [5.41, 5.74) is 0.350. The van der Waals surface area contributed by atoms with E-state index in [1.54, 1.807) is 0 Å². The van der Waals surface area contributed by atoms with Crippen LogP contribution in [0.4, 0.5) is 8.78 Å². The van der Waals surface area contributed by atoms with Crippen molar-refractivity contribution in [3.05, 3.63) is 29.3 Å². The molecule has 0 aliphatic rings. The first-order chi connectivity index (χ1) is 6.79. The van der Waals surface area contributed by atoms with Crippen molar-refractivity contribution < 1.29 is 13.9 Å². The molecule has 4 heteroatoms. The highest BCUT2D eigenvalue weighted by Crippen LogP contribution is 2.21. The van der Waals surface area contributed by atoms with Crippen LogP contribution in [0.3, 0.4) is 0 Å². The summed E-state index contributed by atoms with van der Waals surface area (Å²) in [6.45, 7) is 6.23. The lowest BCUT2D eigenvalue weighted by molar-refractivity contribution is 0.391. The summed E-state index contributed by atoms with van der Waals surface area (Å²) in [6, 6.07) is 2.24. The van der Waals surface area contributed by atoms with Crippen molar-refractivity contribution in [3.8, 4) is 5.75 Å². The van der Waals surface area contributed by atoms with Crippen LogP contribution in [0.1, 0.15) is 26.3 Å². The van der Waals surface area contributed by atoms with Crippen LogP contribution in [0.2, 0.25) is 0 Å². The quantitative estimate of drug-likeness (QED) is 0.794. The number of nitrogens with one attached hydrogen (secondary N) is 1. The van der Waals surface area contributed by atoms with Gasteiger partial charge in [0.05, 0.1) is 0 Å². The Morgan fingerprint density at radius 2 is 1.67 bits per heavy atom. The molecule has 0 aliphatic heterocycles. The molecule has 2 nitrogen and oxygen atoms in total. The van der Waals surface area contributed by atoms with Gasteiger partial charge in [-0.15, -0.1) is 0 Å². The fourth-order valence-electron chi connectivity index (χ4n) is 1.09. The molecule has 0 spiro atoms. The Morgan fingerprint density at radius 1 is 1.20 bits per heavy atom. The summed E-state index contributed by atoms with van der Waals surface area (Å²) in [5.74, 6) is -2.78. The molecule has 0 bridgehead atoms. The summed E-state index contributed by atoms with van der Waals surface area (Å²) in [5, 5.41) is 12.0. The lowest BCUT2D eigenvalue weighted by atomic mass is 10.1. The topological polar surface area (TPSA) is 32.3 Å². The first-order valence-electron chi connectivity index (χ1n) is 4.71. The molecule has 0 radical (unpaired) electrons. The van der Waals surface area contributed by atoms with Crippen LogP contribution in [0, 0.1) is 11.6 Å². The summed E-state index contributed by atoms with van der Waals surface area (Å²) >= 11 is 0. The highest BCUT2D eigenvalue weighted by molar-refractivity contribution is 5.30. The van der Waals surface area contributed by atoms with Crippen molar-refractivity contribution in [2.75, 3.05) is 0 Å². The zero-order valence-corrected chi connectivity index (χ0v) is 9.06. The minimum Gasteiger partial charge on any atom is -0.503 e. The molecule has 84 valence electrons. The summed E-state index contributed by atoms with van der Waals surface area (Å²) in [4.78, 5) is 0. The van der Waals surface area contributed by atoms with Gasteiger partial charge in [0.25, 0.3) is 0 Å². The molecule has 0 amide bonds. The summed E-state index contributed by atoms with van der Waals surface area (Å²) in [7, 11) is 0. The van der Waals surface area contributed by atoms with E-state index in [0.717, 1.165) is 12.1 Å². The molecule has 1 aromatic rings. The first-order valence-corrected chi connectivity index (χ1v) is 4.71. The monoisotopic (exact) mass is 215 g/mol. The molecule has 0 fully saturated rings. The van der Waals surface area contributed by atoms with Gasteiger partial charge in [0.1, 0.15) is 0 Å². The number of phenolic OH excluding ortho intramolecular Hbond substituents is 1. The van der Waals surface area contributed by atoms with Gasteiger partial charge in [-0.1, -0.05) is 0 Å². The molecule has 0 aromatic heterocycles. The van der Waals surface area contributed by atoms with Gasteiger partial charge in [-0.25, -0.2) is 8.78 Å². The predicted molar refractivity (Wildman–Crippen MR) is 54.6 cm³/mol. The zero-order valence-electron chi connectivity index (χ0n) is 9.06. The van der Waals surface area contributed by atoms with E-state index in [0.29, 0.717) is 12.1 Å². The largest absolute Gasteiger partial charge is 0.503 e. The Morgan fingerprint density at radius 3 is 2.07 bits per heavy atom. The van der Waals surface area contributed by atoms with Crippen LogP contribution in [0.5, 0.6) is 5.75 Å². The smallest absolute Gasteiger partial charge is 0.187 e. The molecule has 0 atom stereocenters. The Kier molecular flexibility index (Phi) is 3.29. The molecule has 2 N–H and O–H groups in total. The molecule has 0 unspecified atom stereocenters. The Bertz CT molecular complexity index is 335. The maximum absolute atomic E-state index is 12.9. The van der Waals surface area contributed by atoms with Crippen LogP contribution in [0.15, 0.2) is 12.1 Å². The van der Waals surface area contributed by atoms with Gasteiger partial charge < -0.3 is 10.4 Å². The van der Waals surface area contributed by atoms with E-state index >= 15 is 0 Å². The predicted octanol–water partition coefficient (Wildman–Crippen LogP) is 2.56. The average molecular weight is 215 g/mol. The molecular formula is C11H15F2NO. The third kappa shape index (κ3) is 3.47. The summed E-state index contributed by atoms with van der Waals surface area (Å²) in [6.07, 6.45) is 0. The van der Waals surface area contributed by atoms with Gasteiger partial charge in [0.2, 0.25) is 0 Å². The zero-order chi connectivity index (χ0) is 11.6. The molecule has 1 rings (SSSR count). The fourth-order valence-corrected chi connectivity index (χ4v) is 1.09. The van der Waals surface area contributed by atoms with E-state index in [1.807, 2.05) is 20.8 Å². The van der Waals surface area contributed by atoms with Crippen molar-refractivity contribution in [3.63, 3.8) is 0 Å². The van der Waals surface area contributed by atoms with Gasteiger partial charge in [0, 0.05) is 12.1 Å². The van der Waals surface area contributed by atoms with E-state index in [1.165, 1.54) is 0 Å². The van der Waals surface area contributed by atoms with Gasteiger partial charge in [0.15, 0.2) is 17.4 Å². The van der Waals surface area contributed by atoms with Crippen molar-refractivity contribution in [2.24, 2.45) is 0 Å². The molecule has 0 aliphatic carbocycles. The summed E-state index contributed by atoms with van der Waals surface area (Å²) < 4.78 is 25.9. The van der Waals surface area contributed by atoms with E-state index in [4.69, 9.17) is 5.11 Å². The van der Waals surface area contributed by atoms with Crippen LogP contribution >= 0.6 is 0 Å². The number of rotatable bonds is 2. The lowest BCUT2D eigenvalue weighted by Gasteiger charge is -2.20. The number of hydrogen-bond donors (Lipinski definition) is 2. The third-order valence-corrected chi connectivity index (χ3v) is 1.90. The van der Waals surface area contributed by atoms with Crippen molar-refractivity contribution in [1.82, 2.24) is 5.32 Å². The van der Waals surface area contributed by atoms with Crippen LogP contribution in [-0.4, -0.2) is 10.6 Å². The van der Waals surface area contributed by atoms with Gasteiger partial charge in [-0.05, 0) is 38.5 Å².